The van der Waals surface area contributed by atoms with Gasteiger partial charge in [-0.3, -0.25) is 0 Å². The van der Waals surface area contributed by atoms with Crippen molar-refractivity contribution >= 4 is 35.8 Å². The molecule has 20 heteroatoms. The predicted molar refractivity (Wildman–Crippen MR) is 42.4 cm³/mol. The summed E-state index contributed by atoms with van der Waals surface area (Å²) in [6, 6.07) is 0. The van der Waals surface area contributed by atoms with Crippen LogP contribution in [0.3, 0.4) is 0 Å². The molecule has 0 aliphatic rings. The van der Waals surface area contributed by atoms with Crippen LogP contribution in [-0.4, -0.2) is 46.0 Å². The van der Waals surface area contributed by atoms with E-state index in [2.05, 4.69) is 14.6 Å². The molecular formula is C6H2O16V4. The van der Waals surface area contributed by atoms with E-state index in [-0.39, 0.29) is 0 Å². The summed E-state index contributed by atoms with van der Waals surface area (Å²) in [4.78, 5) is 58.7. The van der Waals surface area contributed by atoms with Crippen molar-refractivity contribution in [3.63, 3.8) is 0 Å². The second-order valence-electron chi connectivity index (χ2n) is 2.42. The van der Waals surface area contributed by atoms with Crippen LogP contribution in [0.2, 0.25) is 0 Å². The van der Waals surface area contributed by atoms with E-state index in [1.54, 1.807) is 0 Å². The third-order valence-electron chi connectivity index (χ3n) is 0.997. The molecule has 0 aliphatic heterocycles. The maximum atomic E-state index is 10.1. The quantitative estimate of drug-likeness (QED) is 0.335. The van der Waals surface area contributed by atoms with Crippen LogP contribution >= 0.6 is 0 Å². The summed E-state index contributed by atoms with van der Waals surface area (Å²) >= 11 is -7.39. The molecule has 0 saturated carbocycles. The van der Waals surface area contributed by atoms with Gasteiger partial charge in [0.1, 0.15) is 0 Å². The van der Waals surface area contributed by atoms with Gasteiger partial charge in [0, 0.05) is 0 Å². The zero-order chi connectivity index (χ0) is 21.1. The second-order valence-corrected chi connectivity index (χ2v) is 4.49. The van der Waals surface area contributed by atoms with E-state index < -0.39 is 102 Å². The summed E-state index contributed by atoms with van der Waals surface area (Å²) in [6.07, 6.45) is 0. The molecule has 0 aromatic rings. The molecule has 0 heterocycles. The summed E-state index contributed by atoms with van der Waals surface area (Å²) < 4.78 is 53.5. The minimum atomic E-state index is -1.85. The molecule has 0 amide bonds. The summed E-state index contributed by atoms with van der Waals surface area (Å²) in [6.45, 7) is 0. The molecule has 0 unspecified atom stereocenters. The van der Waals surface area contributed by atoms with Gasteiger partial charge in [-0.05, 0) is 0 Å². The van der Waals surface area contributed by atoms with E-state index in [9.17, 15) is 33.9 Å². The monoisotopic (exact) mass is 534 g/mol. The fourth-order valence-corrected chi connectivity index (χ4v) is 1.17. The number of hydrogen-bond donors (Lipinski definition) is 2. The molecule has 0 fully saturated rings. The Kier molecular flexibility index (Phi) is 22.1. The fourth-order valence-electron chi connectivity index (χ4n) is 0.284. The van der Waals surface area contributed by atoms with Gasteiger partial charge in [0.05, 0.1) is 0 Å². The van der Waals surface area contributed by atoms with Crippen LogP contribution in [0.15, 0.2) is 0 Å². The number of carbonyl (C=O) groups is 6. The summed E-state index contributed by atoms with van der Waals surface area (Å²) in [5, 5.41) is 14.8. The molecule has 0 saturated heterocycles. The van der Waals surface area contributed by atoms with Crippen molar-refractivity contribution in [1.29, 1.82) is 0 Å². The summed E-state index contributed by atoms with van der Waals surface area (Å²) in [7, 11) is 0. The van der Waals surface area contributed by atoms with Crippen LogP contribution in [0, 0.1) is 0 Å². The molecule has 0 spiro atoms. The van der Waals surface area contributed by atoms with Gasteiger partial charge >= 0.3 is 151 Å². The predicted octanol–water partition coefficient (Wildman–Crippen LogP) is -3.33. The van der Waals surface area contributed by atoms with Gasteiger partial charge in [0.15, 0.2) is 0 Å². The average molecular weight is 534 g/mol. The van der Waals surface area contributed by atoms with Gasteiger partial charge in [-0.25, -0.2) is 9.59 Å². The topological polar surface area (TPSA) is 248 Å². The number of rotatable bonds is 4. The van der Waals surface area contributed by atoms with Gasteiger partial charge in [-0.15, -0.1) is 0 Å². The Bertz CT molecular complexity index is 504. The van der Waals surface area contributed by atoms with Crippen molar-refractivity contribution < 1.29 is 135 Å². The van der Waals surface area contributed by atoms with E-state index in [0.29, 0.717) is 0 Å². The SMILES string of the molecule is O=C(O)C(=O)O.[O]=[V][O]C(=O)C(=O)[O][V]=[O].[O]=[V][O]C(=O)C(=O)[O][V]=[O]. The Morgan fingerprint density at radius 3 is 0.692 bits per heavy atom. The fraction of sp³-hybridized carbons (Fsp3) is 0. The van der Waals surface area contributed by atoms with Crippen LogP contribution in [0.4, 0.5) is 0 Å². The minimum absolute atomic E-state index is 1.37. The molecule has 142 valence electrons. The molecule has 0 aromatic heterocycles. The first kappa shape index (κ1) is 29.1. The van der Waals surface area contributed by atoms with Crippen LogP contribution in [-0.2, 0) is 124 Å². The Morgan fingerprint density at radius 2 is 0.615 bits per heavy atom. The number of hydrogen-bond acceptors (Lipinski definition) is 14. The van der Waals surface area contributed by atoms with Crippen molar-refractivity contribution in [1.82, 2.24) is 0 Å². The number of carboxylic acids is 2. The molecule has 0 rings (SSSR count). The molecule has 0 bridgehead atoms. The van der Waals surface area contributed by atoms with Crippen LogP contribution in [0.1, 0.15) is 0 Å². The molecule has 0 radical (unpaired) electrons. The van der Waals surface area contributed by atoms with E-state index in [1.807, 2.05) is 0 Å². The van der Waals surface area contributed by atoms with Gasteiger partial charge in [-0.2, -0.15) is 0 Å². The normalized spacial score (nSPS) is 7.54. The van der Waals surface area contributed by atoms with Gasteiger partial charge < -0.3 is 10.2 Å². The van der Waals surface area contributed by atoms with Crippen LogP contribution in [0.5, 0.6) is 0 Å². The average Bonchev–Trinajstić information content (AvgIpc) is 2.56. The van der Waals surface area contributed by atoms with Crippen molar-refractivity contribution in [2.75, 3.05) is 0 Å². The molecule has 0 aromatic carbocycles. The zero-order valence-corrected chi connectivity index (χ0v) is 17.0. The van der Waals surface area contributed by atoms with Crippen molar-refractivity contribution in [2.24, 2.45) is 0 Å². The Hall–Kier alpha value is -1.64. The molecule has 0 atom stereocenters. The Labute approximate surface area is 169 Å². The molecule has 0 aliphatic carbocycles. The first-order chi connectivity index (χ1) is 12.1. The molecule has 26 heavy (non-hydrogen) atoms. The van der Waals surface area contributed by atoms with Crippen molar-refractivity contribution in [3.8, 4) is 0 Å². The number of aliphatic carboxylic acids is 2. The summed E-state index contributed by atoms with van der Waals surface area (Å²) in [5.74, 6) is -9.14. The van der Waals surface area contributed by atoms with Crippen molar-refractivity contribution in [2.45, 2.75) is 0 Å². The van der Waals surface area contributed by atoms with E-state index >= 15 is 0 Å². The van der Waals surface area contributed by atoms with Gasteiger partial charge in [0.25, 0.3) is 0 Å². The van der Waals surface area contributed by atoms with E-state index in [0.717, 1.165) is 0 Å². The van der Waals surface area contributed by atoms with E-state index in [4.69, 9.17) is 19.8 Å². The van der Waals surface area contributed by atoms with Gasteiger partial charge in [-0.1, -0.05) is 0 Å². The van der Waals surface area contributed by atoms with Crippen LogP contribution in [0.25, 0.3) is 0 Å². The molecular weight excluding hydrogens is 532 g/mol. The second kappa shape index (κ2) is 19.7. The standard InChI is InChI=1S/3C2H2O4.4O.4V/c3*3-1(4)2(5)6;;;;;;;;/h3*(H,3,4)(H,5,6);;;;;;;;/q;;;;;;;4*+1/p-4. The third kappa shape index (κ3) is 20.4. The zero-order valence-electron chi connectivity index (χ0n) is 11.4. The van der Waals surface area contributed by atoms with Crippen LogP contribution < -0.4 is 0 Å². The number of carbonyl (C=O) groups excluding carboxylic acids is 4. The van der Waals surface area contributed by atoms with E-state index in [1.165, 1.54) is 0 Å². The van der Waals surface area contributed by atoms with Crippen molar-refractivity contribution in [3.05, 3.63) is 0 Å². The first-order valence-corrected chi connectivity index (χ1v) is 9.26. The third-order valence-corrected chi connectivity index (χ3v) is 2.50. The number of carboxylic acid groups (broad SMARTS) is 2. The maximum absolute atomic E-state index is 10.1. The Morgan fingerprint density at radius 1 is 0.462 bits per heavy atom. The summed E-state index contributed by atoms with van der Waals surface area (Å²) in [5.41, 5.74) is 0. The molecule has 16 nitrogen and oxygen atoms in total. The molecule has 2 N–H and O–H groups in total. The van der Waals surface area contributed by atoms with Gasteiger partial charge in [0.2, 0.25) is 0 Å². The Balaban J connectivity index is -0.000000316. The first-order valence-electron chi connectivity index (χ1n) is 4.70.